The molecule has 6 nitrogen and oxygen atoms in total. The van der Waals surface area contributed by atoms with Gasteiger partial charge in [-0.25, -0.2) is 8.42 Å². The zero-order valence-electron chi connectivity index (χ0n) is 13.8. The third-order valence-corrected chi connectivity index (χ3v) is 7.36. The standard InChI is InChI=1S/C15H20ClN3O3S3/c1-2-22-9-3-8-17-14-18-19-15(24-14)23-10-11-25(20,21)13-6-4-12(16)5-7-13/h4-7H,2-3,8-11H2,1H3,(H,17,18). The van der Waals surface area contributed by atoms with Gasteiger partial charge in [-0.2, -0.15) is 0 Å². The van der Waals surface area contributed by atoms with Crippen LogP contribution in [-0.4, -0.2) is 49.9 Å². The Morgan fingerprint density at radius 1 is 1.28 bits per heavy atom. The van der Waals surface area contributed by atoms with Crippen LogP contribution in [0.5, 0.6) is 0 Å². The van der Waals surface area contributed by atoms with E-state index in [0.29, 0.717) is 17.4 Å². The Bertz CT molecular complexity index is 751. The van der Waals surface area contributed by atoms with Gasteiger partial charge >= 0.3 is 0 Å². The van der Waals surface area contributed by atoms with E-state index in [0.717, 1.165) is 29.0 Å². The summed E-state index contributed by atoms with van der Waals surface area (Å²) in [7, 11) is -3.32. The van der Waals surface area contributed by atoms with Crippen LogP contribution in [0.4, 0.5) is 5.13 Å². The number of nitrogens with zero attached hydrogens (tertiary/aromatic N) is 2. The number of aromatic nitrogens is 2. The zero-order chi connectivity index (χ0) is 18.1. The number of nitrogens with one attached hydrogen (secondary N) is 1. The highest BCUT2D eigenvalue weighted by Crippen LogP contribution is 2.26. The lowest BCUT2D eigenvalue weighted by atomic mass is 10.4. The molecule has 0 saturated carbocycles. The zero-order valence-corrected chi connectivity index (χ0v) is 17.0. The third kappa shape index (κ3) is 7.10. The number of rotatable bonds is 11. The van der Waals surface area contributed by atoms with Crippen LogP contribution in [0.2, 0.25) is 5.02 Å². The number of sulfone groups is 1. The molecule has 138 valence electrons. The highest BCUT2D eigenvalue weighted by atomic mass is 35.5. The molecule has 0 spiro atoms. The molecule has 1 aromatic carbocycles. The van der Waals surface area contributed by atoms with Crippen LogP contribution in [0.15, 0.2) is 33.5 Å². The second-order valence-corrected chi connectivity index (χ2v) is 9.84. The van der Waals surface area contributed by atoms with Crippen molar-refractivity contribution in [3.63, 3.8) is 0 Å². The summed E-state index contributed by atoms with van der Waals surface area (Å²) in [5.41, 5.74) is 0. The summed E-state index contributed by atoms with van der Waals surface area (Å²) in [6.07, 6.45) is 0.898. The molecule has 0 aliphatic carbocycles. The molecule has 0 aliphatic heterocycles. The molecule has 0 aliphatic rings. The first kappa shape index (κ1) is 20.4. The molecule has 10 heteroatoms. The van der Waals surface area contributed by atoms with Gasteiger partial charge in [-0.05, 0) is 37.6 Å². The predicted octanol–water partition coefficient (Wildman–Crippen LogP) is 3.60. The predicted molar refractivity (Wildman–Crippen MR) is 104 cm³/mol. The second kappa shape index (κ2) is 10.3. The Balaban J connectivity index is 1.75. The molecule has 25 heavy (non-hydrogen) atoms. The van der Waals surface area contributed by atoms with Crippen molar-refractivity contribution in [2.24, 2.45) is 0 Å². The number of hydrogen-bond acceptors (Lipinski definition) is 8. The van der Waals surface area contributed by atoms with Crippen LogP contribution >= 0.6 is 34.7 Å². The number of halogens is 1. The summed E-state index contributed by atoms with van der Waals surface area (Å²) in [5.74, 6) is 0.458. The van der Waals surface area contributed by atoms with Crippen LogP contribution in [0.25, 0.3) is 0 Å². The Hall–Kier alpha value is -0.870. The Morgan fingerprint density at radius 3 is 2.76 bits per heavy atom. The maximum atomic E-state index is 12.3. The first-order valence-corrected chi connectivity index (χ1v) is 11.6. The molecule has 0 fully saturated rings. The average Bonchev–Trinajstić information content (AvgIpc) is 3.03. The molecule has 1 aromatic heterocycles. The maximum absolute atomic E-state index is 12.3. The maximum Gasteiger partial charge on any atom is 0.206 e. The van der Waals surface area contributed by atoms with Crippen molar-refractivity contribution < 1.29 is 13.2 Å². The molecule has 0 radical (unpaired) electrons. The van der Waals surface area contributed by atoms with Gasteiger partial charge < -0.3 is 10.1 Å². The molecule has 0 atom stereocenters. The fourth-order valence-electron chi connectivity index (χ4n) is 1.85. The SMILES string of the molecule is CCOCCCNc1nnc(SCCS(=O)(=O)c2ccc(Cl)cc2)s1. The Kier molecular flexibility index (Phi) is 8.44. The van der Waals surface area contributed by atoms with Crippen molar-refractivity contribution in [3.05, 3.63) is 29.3 Å². The van der Waals surface area contributed by atoms with Gasteiger partial charge in [0.15, 0.2) is 14.2 Å². The van der Waals surface area contributed by atoms with E-state index in [1.165, 1.54) is 35.2 Å². The quantitative estimate of drug-likeness (QED) is 0.438. The van der Waals surface area contributed by atoms with Crippen LogP contribution < -0.4 is 5.32 Å². The molecule has 0 saturated heterocycles. The topological polar surface area (TPSA) is 81.2 Å². The number of anilines is 1. The molecular formula is C15H20ClN3O3S3. The van der Waals surface area contributed by atoms with Gasteiger partial charge in [0.2, 0.25) is 5.13 Å². The molecule has 2 aromatic rings. The smallest absolute Gasteiger partial charge is 0.206 e. The van der Waals surface area contributed by atoms with Crippen molar-refractivity contribution in [3.8, 4) is 0 Å². The average molecular weight is 422 g/mol. The van der Waals surface area contributed by atoms with E-state index < -0.39 is 9.84 Å². The van der Waals surface area contributed by atoms with E-state index in [1.807, 2.05) is 6.92 Å². The normalized spacial score (nSPS) is 11.6. The van der Waals surface area contributed by atoms with Crippen LogP contribution in [0.1, 0.15) is 13.3 Å². The van der Waals surface area contributed by atoms with Crippen molar-refractivity contribution in [2.75, 3.05) is 36.6 Å². The summed E-state index contributed by atoms with van der Waals surface area (Å²) in [5, 5.41) is 12.5. The summed E-state index contributed by atoms with van der Waals surface area (Å²) >= 11 is 8.59. The van der Waals surface area contributed by atoms with Crippen molar-refractivity contribution in [2.45, 2.75) is 22.6 Å². The van der Waals surface area contributed by atoms with Crippen LogP contribution in [0, 0.1) is 0 Å². The first-order valence-electron chi connectivity index (χ1n) is 7.77. The molecule has 0 unspecified atom stereocenters. The van der Waals surface area contributed by atoms with E-state index in [4.69, 9.17) is 16.3 Å². The number of thioether (sulfide) groups is 1. The molecule has 0 bridgehead atoms. The van der Waals surface area contributed by atoms with Crippen LogP contribution in [-0.2, 0) is 14.6 Å². The molecule has 2 rings (SSSR count). The third-order valence-electron chi connectivity index (χ3n) is 3.10. The van der Waals surface area contributed by atoms with Gasteiger partial charge in [0.25, 0.3) is 0 Å². The summed E-state index contributed by atoms with van der Waals surface area (Å²) in [6, 6.07) is 6.21. The first-order chi connectivity index (χ1) is 12.0. The minimum atomic E-state index is -3.32. The fraction of sp³-hybridized carbons (Fsp3) is 0.467. The molecular weight excluding hydrogens is 402 g/mol. The van der Waals surface area contributed by atoms with Crippen molar-refractivity contribution >= 4 is 49.7 Å². The molecule has 0 amide bonds. The van der Waals surface area contributed by atoms with E-state index in [1.54, 1.807) is 12.1 Å². The van der Waals surface area contributed by atoms with E-state index in [-0.39, 0.29) is 10.6 Å². The van der Waals surface area contributed by atoms with Gasteiger partial charge in [-0.15, -0.1) is 10.2 Å². The van der Waals surface area contributed by atoms with Gasteiger partial charge in [0, 0.05) is 30.5 Å². The lowest BCUT2D eigenvalue weighted by Gasteiger charge is -2.03. The minimum absolute atomic E-state index is 0.0377. The van der Waals surface area contributed by atoms with Gasteiger partial charge in [0.1, 0.15) is 0 Å². The van der Waals surface area contributed by atoms with Gasteiger partial charge in [-0.1, -0.05) is 34.7 Å². The van der Waals surface area contributed by atoms with E-state index in [2.05, 4.69) is 15.5 Å². The lowest BCUT2D eigenvalue weighted by molar-refractivity contribution is 0.147. The summed E-state index contributed by atoms with van der Waals surface area (Å²) in [4.78, 5) is 0.284. The van der Waals surface area contributed by atoms with E-state index >= 15 is 0 Å². The Labute approximate surface area is 161 Å². The second-order valence-electron chi connectivity index (χ2n) is 4.97. The monoisotopic (exact) mass is 421 g/mol. The summed E-state index contributed by atoms with van der Waals surface area (Å²) in [6.45, 7) is 4.17. The molecule has 1 heterocycles. The molecule has 1 N–H and O–H groups in total. The summed E-state index contributed by atoms with van der Waals surface area (Å²) < 4.78 is 30.5. The fourth-order valence-corrected chi connectivity index (χ4v) is 5.47. The minimum Gasteiger partial charge on any atom is -0.382 e. The van der Waals surface area contributed by atoms with E-state index in [9.17, 15) is 8.42 Å². The Morgan fingerprint density at radius 2 is 2.04 bits per heavy atom. The number of hydrogen-bond donors (Lipinski definition) is 1. The van der Waals surface area contributed by atoms with Crippen LogP contribution in [0.3, 0.4) is 0 Å². The highest BCUT2D eigenvalue weighted by molar-refractivity contribution is 8.02. The van der Waals surface area contributed by atoms with Gasteiger partial charge in [0.05, 0.1) is 10.6 Å². The van der Waals surface area contributed by atoms with Crippen molar-refractivity contribution in [1.82, 2.24) is 10.2 Å². The largest absolute Gasteiger partial charge is 0.382 e. The number of ether oxygens (including phenoxy) is 1. The lowest BCUT2D eigenvalue weighted by Crippen LogP contribution is -2.08. The number of benzene rings is 1. The highest BCUT2D eigenvalue weighted by Gasteiger charge is 2.15. The van der Waals surface area contributed by atoms with Gasteiger partial charge in [-0.3, -0.25) is 0 Å². The van der Waals surface area contributed by atoms with Crippen molar-refractivity contribution in [1.29, 1.82) is 0 Å².